The molecule has 0 radical (unpaired) electrons. The van der Waals surface area contributed by atoms with Crippen molar-refractivity contribution in [1.29, 1.82) is 0 Å². The SMILES string of the molecule is CN(CC1(O)CCCC1)C(=O)N(CCC(=O)O)C1CC1. The molecule has 0 heterocycles. The van der Waals surface area contributed by atoms with E-state index in [2.05, 4.69) is 0 Å². The quantitative estimate of drug-likeness (QED) is 0.770. The number of rotatable bonds is 6. The maximum Gasteiger partial charge on any atom is 0.320 e. The highest BCUT2D eigenvalue weighted by atomic mass is 16.4. The molecular formula is C14H24N2O4. The third kappa shape index (κ3) is 3.85. The molecule has 2 saturated carbocycles. The fourth-order valence-corrected chi connectivity index (χ4v) is 2.96. The van der Waals surface area contributed by atoms with Crippen molar-refractivity contribution in [3.8, 4) is 0 Å². The summed E-state index contributed by atoms with van der Waals surface area (Å²) in [7, 11) is 1.69. The highest BCUT2D eigenvalue weighted by Crippen LogP contribution is 2.31. The highest BCUT2D eigenvalue weighted by molar-refractivity contribution is 5.76. The average Bonchev–Trinajstić information content (AvgIpc) is 3.11. The number of carbonyl (C=O) groups is 2. The molecule has 0 atom stereocenters. The van der Waals surface area contributed by atoms with Crippen LogP contribution in [0.25, 0.3) is 0 Å². The van der Waals surface area contributed by atoms with Gasteiger partial charge >= 0.3 is 12.0 Å². The number of amides is 2. The smallest absolute Gasteiger partial charge is 0.320 e. The van der Waals surface area contributed by atoms with Gasteiger partial charge in [-0.3, -0.25) is 4.79 Å². The lowest BCUT2D eigenvalue weighted by molar-refractivity contribution is -0.137. The van der Waals surface area contributed by atoms with E-state index in [-0.39, 0.29) is 25.0 Å². The summed E-state index contributed by atoms with van der Waals surface area (Å²) in [5, 5.41) is 19.1. The Morgan fingerprint density at radius 3 is 2.35 bits per heavy atom. The predicted molar refractivity (Wildman–Crippen MR) is 73.4 cm³/mol. The van der Waals surface area contributed by atoms with Crippen molar-refractivity contribution in [1.82, 2.24) is 9.80 Å². The van der Waals surface area contributed by atoms with Crippen LogP contribution in [0.5, 0.6) is 0 Å². The summed E-state index contributed by atoms with van der Waals surface area (Å²) in [5.41, 5.74) is -0.758. The van der Waals surface area contributed by atoms with E-state index in [1.54, 1.807) is 16.8 Å². The Labute approximate surface area is 119 Å². The molecule has 0 aromatic heterocycles. The number of hydrogen-bond acceptors (Lipinski definition) is 3. The van der Waals surface area contributed by atoms with E-state index in [0.717, 1.165) is 38.5 Å². The zero-order chi connectivity index (χ0) is 14.8. The highest BCUT2D eigenvalue weighted by Gasteiger charge is 2.38. The van der Waals surface area contributed by atoms with Crippen molar-refractivity contribution in [2.24, 2.45) is 0 Å². The van der Waals surface area contributed by atoms with Crippen molar-refractivity contribution in [3.63, 3.8) is 0 Å². The van der Waals surface area contributed by atoms with Gasteiger partial charge in [0.1, 0.15) is 0 Å². The molecule has 0 spiro atoms. The van der Waals surface area contributed by atoms with Crippen LogP contribution < -0.4 is 0 Å². The van der Waals surface area contributed by atoms with Crippen molar-refractivity contribution in [2.45, 2.75) is 56.6 Å². The zero-order valence-corrected chi connectivity index (χ0v) is 12.0. The molecule has 0 unspecified atom stereocenters. The molecule has 20 heavy (non-hydrogen) atoms. The Morgan fingerprint density at radius 2 is 1.85 bits per heavy atom. The Hall–Kier alpha value is -1.30. The van der Waals surface area contributed by atoms with Crippen molar-refractivity contribution in [2.75, 3.05) is 20.1 Å². The first kappa shape index (κ1) is 15.1. The maximum absolute atomic E-state index is 12.4. The molecule has 0 saturated heterocycles. The standard InChI is InChI=1S/C14H24N2O4/c1-15(10-14(20)7-2-3-8-14)13(19)16(11-4-5-11)9-6-12(17)18/h11,20H,2-10H2,1H3,(H,17,18). The van der Waals surface area contributed by atoms with E-state index >= 15 is 0 Å². The van der Waals surface area contributed by atoms with E-state index in [0.29, 0.717) is 6.54 Å². The zero-order valence-electron chi connectivity index (χ0n) is 12.0. The fraction of sp³-hybridized carbons (Fsp3) is 0.857. The average molecular weight is 284 g/mol. The predicted octanol–water partition coefficient (Wildman–Crippen LogP) is 1.28. The van der Waals surface area contributed by atoms with Crippen LogP contribution in [0.1, 0.15) is 44.9 Å². The summed E-state index contributed by atoms with van der Waals surface area (Å²) in [6.07, 6.45) is 5.35. The molecule has 2 aliphatic carbocycles. The van der Waals surface area contributed by atoms with Gasteiger partial charge in [-0.1, -0.05) is 12.8 Å². The minimum Gasteiger partial charge on any atom is -0.481 e. The number of likely N-dealkylation sites (N-methyl/N-ethyl adjacent to an activating group) is 1. The third-order valence-electron chi connectivity index (χ3n) is 4.19. The molecule has 0 aliphatic heterocycles. The van der Waals surface area contributed by atoms with E-state index < -0.39 is 11.6 Å². The molecule has 0 aromatic carbocycles. The van der Waals surface area contributed by atoms with Gasteiger partial charge in [0.2, 0.25) is 0 Å². The van der Waals surface area contributed by atoms with Gasteiger partial charge in [-0.25, -0.2) is 4.79 Å². The summed E-state index contributed by atoms with van der Waals surface area (Å²) >= 11 is 0. The van der Waals surface area contributed by atoms with Crippen LogP contribution in [0.3, 0.4) is 0 Å². The van der Waals surface area contributed by atoms with Crippen LogP contribution in [0, 0.1) is 0 Å². The fourth-order valence-electron chi connectivity index (χ4n) is 2.96. The Bertz CT molecular complexity index is 375. The number of urea groups is 1. The summed E-state index contributed by atoms with van der Waals surface area (Å²) in [6.45, 7) is 0.587. The van der Waals surface area contributed by atoms with Gasteiger partial charge < -0.3 is 20.0 Å². The molecule has 0 aromatic rings. The van der Waals surface area contributed by atoms with Crippen LogP contribution >= 0.6 is 0 Å². The second-order valence-electron chi connectivity index (χ2n) is 6.14. The molecule has 6 heteroatoms. The van der Waals surface area contributed by atoms with Gasteiger partial charge in [0.25, 0.3) is 0 Å². The number of aliphatic hydroxyl groups is 1. The summed E-state index contributed by atoms with van der Waals surface area (Å²) in [5.74, 6) is -0.888. The van der Waals surface area contributed by atoms with Gasteiger partial charge in [0.05, 0.1) is 18.6 Å². The van der Waals surface area contributed by atoms with Crippen molar-refractivity contribution < 1.29 is 19.8 Å². The van der Waals surface area contributed by atoms with Crippen LogP contribution in [0.15, 0.2) is 0 Å². The van der Waals surface area contributed by atoms with Crippen LogP contribution in [0.2, 0.25) is 0 Å². The van der Waals surface area contributed by atoms with E-state index in [4.69, 9.17) is 5.11 Å². The first-order chi connectivity index (χ1) is 9.41. The lowest BCUT2D eigenvalue weighted by Crippen LogP contribution is -2.49. The van der Waals surface area contributed by atoms with Crippen molar-refractivity contribution in [3.05, 3.63) is 0 Å². The lowest BCUT2D eigenvalue weighted by Gasteiger charge is -2.33. The Balaban J connectivity index is 1.90. The normalized spacial score (nSPS) is 20.7. The first-order valence-electron chi connectivity index (χ1n) is 7.37. The second-order valence-corrected chi connectivity index (χ2v) is 6.14. The van der Waals surface area contributed by atoms with Crippen LogP contribution in [-0.2, 0) is 4.79 Å². The lowest BCUT2D eigenvalue weighted by atomic mass is 10.0. The molecule has 2 N–H and O–H groups in total. The summed E-state index contributed by atoms with van der Waals surface area (Å²) in [4.78, 5) is 26.3. The molecular weight excluding hydrogens is 260 g/mol. The maximum atomic E-state index is 12.4. The molecule has 6 nitrogen and oxygen atoms in total. The molecule has 2 amide bonds. The summed E-state index contributed by atoms with van der Waals surface area (Å²) < 4.78 is 0. The van der Waals surface area contributed by atoms with Gasteiger partial charge in [0.15, 0.2) is 0 Å². The number of hydrogen-bond donors (Lipinski definition) is 2. The number of carboxylic acid groups (broad SMARTS) is 1. The first-order valence-corrected chi connectivity index (χ1v) is 7.37. The Kier molecular flexibility index (Phi) is 4.52. The van der Waals surface area contributed by atoms with E-state index in [9.17, 15) is 14.7 Å². The molecule has 0 bridgehead atoms. The van der Waals surface area contributed by atoms with Gasteiger partial charge in [-0.15, -0.1) is 0 Å². The number of nitrogens with zero attached hydrogens (tertiary/aromatic N) is 2. The minimum atomic E-state index is -0.888. The number of aliphatic carboxylic acids is 1. The topological polar surface area (TPSA) is 81.1 Å². The van der Waals surface area contributed by atoms with E-state index in [1.165, 1.54) is 0 Å². The Morgan fingerprint density at radius 1 is 1.25 bits per heavy atom. The number of carbonyl (C=O) groups excluding carboxylic acids is 1. The molecule has 2 aliphatic rings. The van der Waals surface area contributed by atoms with E-state index in [1.807, 2.05) is 0 Å². The number of carboxylic acids is 1. The molecule has 2 rings (SSSR count). The largest absolute Gasteiger partial charge is 0.481 e. The van der Waals surface area contributed by atoms with Gasteiger partial charge in [-0.2, -0.15) is 0 Å². The van der Waals surface area contributed by atoms with Gasteiger partial charge in [0, 0.05) is 19.6 Å². The van der Waals surface area contributed by atoms with Crippen molar-refractivity contribution >= 4 is 12.0 Å². The van der Waals surface area contributed by atoms with Crippen LogP contribution in [-0.4, -0.2) is 63.8 Å². The minimum absolute atomic E-state index is 0.0274. The molecule has 114 valence electrons. The third-order valence-corrected chi connectivity index (χ3v) is 4.19. The summed E-state index contributed by atoms with van der Waals surface area (Å²) in [6, 6.07) is 0.0246. The van der Waals surface area contributed by atoms with Crippen LogP contribution in [0.4, 0.5) is 4.79 Å². The second kappa shape index (κ2) is 5.99. The molecule has 2 fully saturated rings. The van der Waals surface area contributed by atoms with Gasteiger partial charge in [-0.05, 0) is 25.7 Å². The monoisotopic (exact) mass is 284 g/mol.